The van der Waals surface area contributed by atoms with Crippen molar-refractivity contribution in [2.45, 2.75) is 45.4 Å². The van der Waals surface area contributed by atoms with Crippen LogP contribution in [-0.2, 0) is 19.1 Å². The Labute approximate surface area is 158 Å². The Bertz CT molecular complexity index is 385. The Morgan fingerprint density at radius 1 is 0.885 bits per heavy atom. The van der Waals surface area contributed by atoms with Crippen LogP contribution in [0.5, 0.6) is 0 Å². The maximum atomic E-state index is 11.6. The largest absolute Gasteiger partial charge is 0.466 e. The Hall–Kier alpha value is -1.18. The van der Waals surface area contributed by atoms with Gasteiger partial charge in [-0.3, -0.25) is 9.59 Å². The minimum Gasteiger partial charge on any atom is -0.466 e. The molecule has 0 unspecified atom stereocenters. The highest BCUT2D eigenvalue weighted by Gasteiger charge is 2.12. The lowest BCUT2D eigenvalue weighted by Crippen LogP contribution is -2.45. The van der Waals surface area contributed by atoms with Crippen LogP contribution in [0.4, 0.5) is 0 Å². The van der Waals surface area contributed by atoms with E-state index in [1.807, 2.05) is 6.92 Å². The van der Waals surface area contributed by atoms with Gasteiger partial charge < -0.3 is 24.6 Å². The predicted molar refractivity (Wildman–Crippen MR) is 102 cm³/mol. The molecule has 7 nitrogen and oxygen atoms in total. The van der Waals surface area contributed by atoms with Crippen LogP contribution >= 0.6 is 0 Å². The van der Waals surface area contributed by atoms with Gasteiger partial charge in [-0.25, -0.2) is 0 Å². The summed E-state index contributed by atoms with van der Waals surface area (Å²) in [4.78, 5) is 27.6. The van der Waals surface area contributed by atoms with Crippen molar-refractivity contribution in [2.75, 3.05) is 66.1 Å². The van der Waals surface area contributed by atoms with E-state index in [2.05, 4.69) is 22.2 Å². The molecule has 0 aliphatic carbocycles. The number of hydrogen-bond acceptors (Lipinski definition) is 7. The molecular weight excluding hydrogens is 334 g/mol. The Morgan fingerprint density at radius 2 is 1.50 bits per heavy atom. The third-order valence-corrected chi connectivity index (χ3v) is 4.45. The van der Waals surface area contributed by atoms with E-state index >= 15 is 0 Å². The van der Waals surface area contributed by atoms with E-state index < -0.39 is 0 Å². The van der Waals surface area contributed by atoms with E-state index in [1.165, 1.54) is 0 Å². The summed E-state index contributed by atoms with van der Waals surface area (Å²) in [6.07, 6.45) is 4.24. The molecule has 0 atom stereocenters. The van der Waals surface area contributed by atoms with Gasteiger partial charge in [-0.15, -0.1) is 0 Å². The van der Waals surface area contributed by atoms with Gasteiger partial charge in [0.25, 0.3) is 0 Å². The first-order chi connectivity index (χ1) is 12.6. The summed E-state index contributed by atoms with van der Waals surface area (Å²) in [5.41, 5.74) is 0. The number of hydrogen-bond donors (Lipinski definition) is 1. The lowest BCUT2D eigenvalue weighted by molar-refractivity contribution is -0.146. The zero-order valence-electron chi connectivity index (χ0n) is 16.6. The maximum absolute atomic E-state index is 11.6. The molecule has 0 aromatic carbocycles. The van der Waals surface area contributed by atoms with Crippen molar-refractivity contribution in [3.8, 4) is 0 Å². The van der Waals surface area contributed by atoms with Crippen LogP contribution in [0.2, 0.25) is 0 Å². The fourth-order valence-electron chi connectivity index (χ4n) is 2.74. The van der Waals surface area contributed by atoms with Crippen LogP contribution in [-0.4, -0.2) is 87.8 Å². The van der Waals surface area contributed by atoms with Crippen molar-refractivity contribution in [1.29, 1.82) is 0 Å². The summed E-state index contributed by atoms with van der Waals surface area (Å²) in [6.45, 7) is 10.1. The third-order valence-electron chi connectivity index (χ3n) is 4.45. The molecule has 0 radical (unpaired) electrons. The number of nitrogens with zero attached hydrogens (tertiary/aromatic N) is 2. The van der Waals surface area contributed by atoms with Crippen molar-refractivity contribution >= 4 is 11.9 Å². The number of piperazine rings is 1. The number of rotatable bonds is 14. The molecule has 0 amide bonds. The molecule has 0 saturated carbocycles. The van der Waals surface area contributed by atoms with Crippen molar-refractivity contribution in [2.24, 2.45) is 0 Å². The molecule has 26 heavy (non-hydrogen) atoms. The zero-order valence-corrected chi connectivity index (χ0v) is 16.6. The monoisotopic (exact) mass is 371 g/mol. The van der Waals surface area contributed by atoms with Gasteiger partial charge >= 0.3 is 11.9 Å². The molecule has 7 heteroatoms. The molecular formula is C19H37N3O4. The van der Waals surface area contributed by atoms with E-state index in [1.54, 1.807) is 0 Å². The minimum absolute atomic E-state index is 0.150. The summed E-state index contributed by atoms with van der Waals surface area (Å²) >= 11 is 0. The molecule has 1 N–H and O–H groups in total. The number of ether oxygens (including phenoxy) is 2. The topological polar surface area (TPSA) is 71.1 Å². The Kier molecular flexibility index (Phi) is 13.1. The lowest BCUT2D eigenvalue weighted by atomic mass is 10.3. The van der Waals surface area contributed by atoms with Crippen molar-refractivity contribution < 1.29 is 19.1 Å². The molecule has 1 fully saturated rings. The first-order valence-corrected chi connectivity index (χ1v) is 10.0. The van der Waals surface area contributed by atoms with Crippen molar-refractivity contribution in [3.05, 3.63) is 0 Å². The van der Waals surface area contributed by atoms with E-state index in [0.717, 1.165) is 65.0 Å². The molecule has 0 aromatic rings. The van der Waals surface area contributed by atoms with Crippen LogP contribution in [0, 0.1) is 0 Å². The highest BCUT2D eigenvalue weighted by Crippen LogP contribution is 2.00. The molecule has 0 bridgehead atoms. The van der Waals surface area contributed by atoms with E-state index in [4.69, 9.17) is 9.47 Å². The van der Waals surface area contributed by atoms with E-state index in [0.29, 0.717) is 32.6 Å². The normalized spacial score (nSPS) is 15.8. The van der Waals surface area contributed by atoms with Crippen LogP contribution in [0.3, 0.4) is 0 Å². The van der Waals surface area contributed by atoms with Crippen LogP contribution in [0.25, 0.3) is 0 Å². The average molecular weight is 372 g/mol. The second-order valence-electron chi connectivity index (χ2n) is 6.90. The molecule has 0 aromatic heterocycles. The number of nitrogens with one attached hydrogen (secondary N) is 1. The summed E-state index contributed by atoms with van der Waals surface area (Å²) in [6, 6.07) is 0. The highest BCUT2D eigenvalue weighted by molar-refractivity contribution is 5.69. The first-order valence-electron chi connectivity index (χ1n) is 10.0. The molecule has 1 saturated heterocycles. The number of unbranched alkanes of at least 4 members (excludes halogenated alkanes) is 1. The average Bonchev–Trinajstić information content (AvgIpc) is 2.62. The smallest absolute Gasteiger partial charge is 0.307 e. The summed E-state index contributed by atoms with van der Waals surface area (Å²) in [5.74, 6) is -0.317. The molecule has 1 aliphatic rings. The van der Waals surface area contributed by atoms with Gasteiger partial charge in [-0.2, -0.15) is 0 Å². The minimum atomic E-state index is -0.167. The highest BCUT2D eigenvalue weighted by atomic mass is 16.5. The van der Waals surface area contributed by atoms with Crippen LogP contribution in [0.15, 0.2) is 0 Å². The van der Waals surface area contributed by atoms with Gasteiger partial charge in [-0.05, 0) is 45.8 Å². The van der Waals surface area contributed by atoms with Gasteiger partial charge in [0.05, 0.1) is 19.6 Å². The standard InChI is InChI=1S/C19H37N3O4/c1-3-7-18(23)25-16-4-5-17-26-19(24)8-10-20-9-6-11-22-14-12-21(2)13-15-22/h20H,3-17H2,1-2H3. The lowest BCUT2D eigenvalue weighted by Gasteiger charge is -2.32. The quantitative estimate of drug-likeness (QED) is 0.364. The van der Waals surface area contributed by atoms with Gasteiger partial charge in [0.15, 0.2) is 0 Å². The summed E-state index contributed by atoms with van der Waals surface area (Å²) < 4.78 is 10.2. The molecule has 0 spiro atoms. The fraction of sp³-hybridized carbons (Fsp3) is 0.895. The molecule has 1 aliphatic heterocycles. The van der Waals surface area contributed by atoms with Crippen LogP contribution in [0.1, 0.15) is 45.4 Å². The predicted octanol–water partition coefficient (Wildman–Crippen LogP) is 1.27. The fourth-order valence-corrected chi connectivity index (χ4v) is 2.74. The SMILES string of the molecule is CCCC(=O)OCCCCOC(=O)CCNCCCN1CCN(C)CC1. The first kappa shape index (κ1) is 22.9. The van der Waals surface area contributed by atoms with Crippen LogP contribution < -0.4 is 5.32 Å². The molecule has 152 valence electrons. The summed E-state index contributed by atoms with van der Waals surface area (Å²) in [5, 5.41) is 3.30. The van der Waals surface area contributed by atoms with E-state index in [9.17, 15) is 9.59 Å². The van der Waals surface area contributed by atoms with Crippen molar-refractivity contribution in [3.63, 3.8) is 0 Å². The number of carbonyl (C=O) groups is 2. The Morgan fingerprint density at radius 3 is 2.12 bits per heavy atom. The maximum Gasteiger partial charge on any atom is 0.307 e. The number of carbonyl (C=O) groups excluding carboxylic acids is 2. The van der Waals surface area contributed by atoms with Gasteiger partial charge in [0.1, 0.15) is 0 Å². The van der Waals surface area contributed by atoms with Crippen molar-refractivity contribution in [1.82, 2.24) is 15.1 Å². The number of likely N-dealkylation sites (N-methyl/N-ethyl adjacent to an activating group) is 1. The second kappa shape index (κ2) is 14.9. The second-order valence-corrected chi connectivity index (χ2v) is 6.90. The van der Waals surface area contributed by atoms with E-state index in [-0.39, 0.29) is 11.9 Å². The molecule has 1 rings (SSSR count). The van der Waals surface area contributed by atoms with Gasteiger partial charge in [0, 0.05) is 39.1 Å². The van der Waals surface area contributed by atoms with Gasteiger partial charge in [0.2, 0.25) is 0 Å². The third kappa shape index (κ3) is 12.2. The number of esters is 2. The molecule has 1 heterocycles. The summed E-state index contributed by atoms with van der Waals surface area (Å²) in [7, 11) is 2.17. The zero-order chi connectivity index (χ0) is 19.0. The Balaban J connectivity index is 1.83. The van der Waals surface area contributed by atoms with Gasteiger partial charge in [-0.1, -0.05) is 6.92 Å².